The van der Waals surface area contributed by atoms with Gasteiger partial charge in [0.15, 0.2) is 0 Å². The molecular weight excluding hydrogens is 302 g/mol. The van der Waals surface area contributed by atoms with Gasteiger partial charge in [0.05, 0.1) is 0 Å². The first-order valence-electron chi connectivity index (χ1n) is 7.67. The van der Waals surface area contributed by atoms with Gasteiger partial charge < -0.3 is 19.9 Å². The zero-order valence-corrected chi connectivity index (χ0v) is 13.0. The second-order valence-electron chi connectivity index (χ2n) is 5.15. The summed E-state index contributed by atoms with van der Waals surface area (Å²) in [4.78, 5) is 27.5. The summed E-state index contributed by atoms with van der Waals surface area (Å²) in [7, 11) is 0. The Bertz CT molecular complexity index is 626. The van der Waals surface area contributed by atoms with E-state index in [-0.39, 0.29) is 24.2 Å². The quantitative estimate of drug-likeness (QED) is 0.699. The summed E-state index contributed by atoms with van der Waals surface area (Å²) in [6.07, 6.45) is 6.29. The van der Waals surface area contributed by atoms with E-state index in [2.05, 4.69) is 17.2 Å². The van der Waals surface area contributed by atoms with Crippen molar-refractivity contribution in [2.45, 2.75) is 45.3 Å². The van der Waals surface area contributed by atoms with Crippen LogP contribution in [0, 0.1) is 0 Å². The molecule has 0 bridgehead atoms. The maximum absolute atomic E-state index is 12.0. The minimum Gasteiger partial charge on any atom is -0.454 e. The lowest BCUT2D eigenvalue weighted by Gasteiger charge is -2.10. The second kappa shape index (κ2) is 8.33. The van der Waals surface area contributed by atoms with Crippen LogP contribution >= 0.6 is 0 Å². The van der Waals surface area contributed by atoms with Gasteiger partial charge in [-0.1, -0.05) is 26.2 Å². The molecule has 0 aliphatic carbocycles. The van der Waals surface area contributed by atoms with E-state index >= 15 is 0 Å². The van der Waals surface area contributed by atoms with E-state index in [1.54, 1.807) is 0 Å². The normalized spacial score (nSPS) is 16.4. The fourth-order valence-electron chi connectivity index (χ4n) is 2.08. The monoisotopic (exact) mass is 323 g/mol. The van der Waals surface area contributed by atoms with Gasteiger partial charge in [0.2, 0.25) is 11.8 Å². The zero-order chi connectivity index (χ0) is 16.7. The maximum atomic E-state index is 12.0. The number of nitrogens with zero attached hydrogens (tertiary/aromatic N) is 2. The fraction of sp³-hybridized carbons (Fsp3) is 0.533. The van der Waals surface area contributed by atoms with Crippen LogP contribution in [-0.2, 0) is 14.3 Å². The van der Waals surface area contributed by atoms with E-state index in [0.717, 1.165) is 30.3 Å². The molecule has 1 aromatic heterocycles. The Morgan fingerprint density at radius 2 is 2.26 bits per heavy atom. The second-order valence-corrected chi connectivity index (χ2v) is 5.15. The third-order valence-electron chi connectivity index (χ3n) is 3.29. The Labute approximate surface area is 133 Å². The van der Waals surface area contributed by atoms with Crippen LogP contribution in [-0.4, -0.2) is 33.5 Å². The average molecular weight is 323 g/mol. The van der Waals surface area contributed by atoms with Gasteiger partial charge in [-0.25, -0.2) is 9.36 Å². The number of carbonyl (C=O) groups excluding carboxylic acids is 1. The summed E-state index contributed by atoms with van der Waals surface area (Å²) in [5.74, 6) is 0.176. The van der Waals surface area contributed by atoms with Crippen molar-refractivity contribution < 1.29 is 19.4 Å². The molecule has 0 fully saturated rings. The largest absolute Gasteiger partial charge is 0.454 e. The SMILES string of the molecule is CCCCCCC(=O)Nc1ccn(C2=COC(CO)O2)c(=O)n1. The number of amides is 1. The molecule has 0 spiro atoms. The Morgan fingerprint density at radius 1 is 1.43 bits per heavy atom. The Balaban J connectivity index is 1.92. The number of aliphatic hydroxyl groups is 1. The molecule has 8 heteroatoms. The van der Waals surface area contributed by atoms with Crippen LogP contribution in [0.15, 0.2) is 23.3 Å². The summed E-state index contributed by atoms with van der Waals surface area (Å²) >= 11 is 0. The number of aromatic nitrogens is 2. The summed E-state index contributed by atoms with van der Waals surface area (Å²) in [5.41, 5.74) is -0.609. The predicted molar refractivity (Wildman–Crippen MR) is 83.2 cm³/mol. The van der Waals surface area contributed by atoms with Crippen LogP contribution in [0.25, 0.3) is 5.88 Å². The van der Waals surface area contributed by atoms with E-state index in [4.69, 9.17) is 14.6 Å². The van der Waals surface area contributed by atoms with Gasteiger partial charge in [-0.05, 0) is 12.5 Å². The Morgan fingerprint density at radius 3 is 2.91 bits per heavy atom. The van der Waals surface area contributed by atoms with Crippen molar-refractivity contribution in [1.29, 1.82) is 0 Å². The predicted octanol–water partition coefficient (Wildman–Crippen LogP) is 1.27. The first kappa shape index (κ1) is 17.0. The van der Waals surface area contributed by atoms with E-state index in [1.807, 2.05) is 0 Å². The highest BCUT2D eigenvalue weighted by molar-refractivity contribution is 5.89. The molecule has 2 N–H and O–H groups in total. The van der Waals surface area contributed by atoms with Crippen LogP contribution in [0.4, 0.5) is 5.82 Å². The Kier molecular flexibility index (Phi) is 6.16. The summed E-state index contributed by atoms with van der Waals surface area (Å²) in [5, 5.41) is 11.5. The molecular formula is C15H21N3O5. The van der Waals surface area contributed by atoms with Crippen molar-refractivity contribution in [3.8, 4) is 0 Å². The standard InChI is InChI=1S/C15H21N3O5/c1-2-3-4-5-6-12(20)16-11-7-8-18(15(21)17-11)13-10-22-14(9-19)23-13/h7-8,10,14,19H,2-6,9H2,1H3,(H,16,17,20,21). The van der Waals surface area contributed by atoms with Crippen molar-refractivity contribution >= 4 is 17.6 Å². The highest BCUT2D eigenvalue weighted by Crippen LogP contribution is 2.17. The van der Waals surface area contributed by atoms with E-state index < -0.39 is 12.0 Å². The average Bonchev–Trinajstić information content (AvgIpc) is 3.00. The molecule has 1 amide bonds. The molecule has 8 nitrogen and oxygen atoms in total. The highest BCUT2D eigenvalue weighted by atomic mass is 16.7. The number of hydrogen-bond acceptors (Lipinski definition) is 6. The summed E-state index contributed by atoms with van der Waals surface area (Å²) in [6, 6.07) is 1.50. The molecule has 1 aromatic rings. The Hall–Kier alpha value is -2.35. The first-order valence-corrected chi connectivity index (χ1v) is 7.67. The molecule has 126 valence electrons. The van der Waals surface area contributed by atoms with Crippen LogP contribution in [0.5, 0.6) is 0 Å². The molecule has 1 atom stereocenters. The first-order chi connectivity index (χ1) is 11.1. The number of anilines is 1. The van der Waals surface area contributed by atoms with Crippen molar-refractivity contribution in [3.63, 3.8) is 0 Å². The van der Waals surface area contributed by atoms with Crippen molar-refractivity contribution in [2.75, 3.05) is 11.9 Å². The van der Waals surface area contributed by atoms with Crippen LogP contribution < -0.4 is 11.0 Å². The third kappa shape index (κ3) is 4.82. The molecule has 0 aromatic carbocycles. The number of hydrogen-bond donors (Lipinski definition) is 2. The lowest BCUT2D eigenvalue weighted by molar-refractivity contribution is -0.116. The van der Waals surface area contributed by atoms with Gasteiger partial charge in [-0.2, -0.15) is 4.98 Å². The van der Waals surface area contributed by atoms with Crippen LogP contribution in [0.1, 0.15) is 39.0 Å². The molecule has 1 aliphatic heterocycles. The van der Waals surface area contributed by atoms with Crippen molar-refractivity contribution in [1.82, 2.24) is 9.55 Å². The topological polar surface area (TPSA) is 103 Å². The number of unbranched alkanes of at least 4 members (excludes halogenated alkanes) is 3. The third-order valence-corrected chi connectivity index (χ3v) is 3.29. The fourth-order valence-corrected chi connectivity index (χ4v) is 2.08. The number of rotatable bonds is 8. The van der Waals surface area contributed by atoms with E-state index in [1.165, 1.54) is 18.5 Å². The molecule has 1 unspecified atom stereocenters. The van der Waals surface area contributed by atoms with Gasteiger partial charge in [-0.15, -0.1) is 0 Å². The number of aliphatic hydroxyl groups excluding tert-OH is 1. The van der Waals surface area contributed by atoms with E-state index in [0.29, 0.717) is 6.42 Å². The van der Waals surface area contributed by atoms with Gasteiger partial charge in [0.1, 0.15) is 18.7 Å². The van der Waals surface area contributed by atoms with Crippen LogP contribution in [0.3, 0.4) is 0 Å². The lowest BCUT2D eigenvalue weighted by atomic mass is 10.1. The highest BCUT2D eigenvalue weighted by Gasteiger charge is 2.20. The van der Waals surface area contributed by atoms with Gasteiger partial charge in [-0.3, -0.25) is 4.79 Å². The molecule has 2 rings (SSSR count). The smallest absolute Gasteiger partial charge is 0.356 e. The number of carbonyl (C=O) groups is 1. The maximum Gasteiger partial charge on any atom is 0.356 e. The van der Waals surface area contributed by atoms with Crippen molar-refractivity contribution in [2.24, 2.45) is 0 Å². The molecule has 0 saturated carbocycles. The zero-order valence-electron chi connectivity index (χ0n) is 13.0. The van der Waals surface area contributed by atoms with E-state index in [9.17, 15) is 9.59 Å². The molecule has 1 aliphatic rings. The number of nitrogens with one attached hydrogen (secondary N) is 1. The summed E-state index contributed by atoms with van der Waals surface area (Å²) in [6.45, 7) is 1.78. The molecule has 0 radical (unpaired) electrons. The minimum absolute atomic E-state index is 0.138. The minimum atomic E-state index is -0.820. The molecule has 2 heterocycles. The lowest BCUT2D eigenvalue weighted by Crippen LogP contribution is -2.25. The van der Waals surface area contributed by atoms with Gasteiger partial charge >= 0.3 is 5.69 Å². The van der Waals surface area contributed by atoms with Gasteiger partial charge in [0.25, 0.3) is 6.29 Å². The van der Waals surface area contributed by atoms with Crippen molar-refractivity contribution in [3.05, 3.63) is 29.0 Å². The van der Waals surface area contributed by atoms with Gasteiger partial charge in [0, 0.05) is 12.6 Å². The molecule has 0 saturated heterocycles. The molecule has 23 heavy (non-hydrogen) atoms. The number of ether oxygens (including phenoxy) is 2. The summed E-state index contributed by atoms with van der Waals surface area (Å²) < 4.78 is 11.3. The van der Waals surface area contributed by atoms with Crippen LogP contribution in [0.2, 0.25) is 0 Å².